The normalized spacial score (nSPS) is 18.3. The SMILES string of the molecule is CC(C)CC(C)(C(C)C(C)C)[N+](=O)[O-]. The third-order valence-electron chi connectivity index (χ3n) is 3.22. The van der Waals surface area contributed by atoms with Crippen LogP contribution < -0.4 is 0 Å². The molecule has 84 valence electrons. The van der Waals surface area contributed by atoms with E-state index in [0.717, 1.165) is 0 Å². The van der Waals surface area contributed by atoms with Crippen LogP contribution in [0.2, 0.25) is 0 Å². The van der Waals surface area contributed by atoms with Crippen molar-refractivity contribution in [1.82, 2.24) is 0 Å². The van der Waals surface area contributed by atoms with Gasteiger partial charge in [-0.2, -0.15) is 0 Å². The van der Waals surface area contributed by atoms with E-state index in [0.29, 0.717) is 18.3 Å². The van der Waals surface area contributed by atoms with E-state index < -0.39 is 5.54 Å². The van der Waals surface area contributed by atoms with Crippen LogP contribution in [0.25, 0.3) is 0 Å². The minimum atomic E-state index is -0.775. The Morgan fingerprint density at radius 2 is 1.64 bits per heavy atom. The zero-order valence-electron chi connectivity index (χ0n) is 10.2. The predicted octanol–water partition coefficient (Wildman–Crippen LogP) is 3.36. The molecule has 0 heterocycles. The van der Waals surface area contributed by atoms with Crippen molar-refractivity contribution in [2.24, 2.45) is 17.8 Å². The smallest absolute Gasteiger partial charge is 0.222 e. The van der Waals surface area contributed by atoms with Gasteiger partial charge in [-0.15, -0.1) is 0 Å². The van der Waals surface area contributed by atoms with Gasteiger partial charge in [-0.25, -0.2) is 0 Å². The Labute approximate surface area is 87.0 Å². The quantitative estimate of drug-likeness (QED) is 0.505. The Hall–Kier alpha value is -0.600. The summed E-state index contributed by atoms with van der Waals surface area (Å²) in [5.74, 6) is 0.829. The standard InChI is InChI=1S/C11H23NO2/c1-8(2)7-11(6,12(13)14)10(5)9(3)4/h8-10H,7H2,1-6H3. The number of nitrogens with zero attached hydrogens (tertiary/aromatic N) is 1. The molecule has 0 bridgehead atoms. The maximum Gasteiger partial charge on any atom is 0.222 e. The summed E-state index contributed by atoms with van der Waals surface area (Å²) in [6.07, 6.45) is 0.652. The van der Waals surface area contributed by atoms with Crippen LogP contribution in [0.5, 0.6) is 0 Å². The van der Waals surface area contributed by atoms with Crippen molar-refractivity contribution in [2.75, 3.05) is 0 Å². The highest BCUT2D eigenvalue weighted by Crippen LogP contribution is 2.32. The highest BCUT2D eigenvalue weighted by atomic mass is 16.6. The maximum absolute atomic E-state index is 11.1. The lowest BCUT2D eigenvalue weighted by molar-refractivity contribution is -0.580. The molecule has 0 aliphatic rings. The molecule has 14 heavy (non-hydrogen) atoms. The van der Waals surface area contributed by atoms with Gasteiger partial charge in [0.25, 0.3) is 0 Å². The minimum Gasteiger partial charge on any atom is -0.264 e. The molecule has 3 nitrogen and oxygen atoms in total. The molecule has 0 saturated heterocycles. The van der Waals surface area contributed by atoms with Gasteiger partial charge in [-0.3, -0.25) is 10.1 Å². The van der Waals surface area contributed by atoms with Crippen LogP contribution in [-0.2, 0) is 0 Å². The third-order valence-corrected chi connectivity index (χ3v) is 3.22. The van der Waals surface area contributed by atoms with Gasteiger partial charge in [0, 0.05) is 24.2 Å². The summed E-state index contributed by atoms with van der Waals surface area (Å²) >= 11 is 0. The van der Waals surface area contributed by atoms with Crippen molar-refractivity contribution in [2.45, 2.75) is 53.5 Å². The Bertz CT molecular complexity index is 201. The molecule has 0 rings (SSSR count). The summed E-state index contributed by atoms with van der Waals surface area (Å²) in [5.41, 5.74) is -0.775. The zero-order valence-corrected chi connectivity index (χ0v) is 10.2. The second kappa shape index (κ2) is 4.76. The number of hydrogen-bond acceptors (Lipinski definition) is 2. The van der Waals surface area contributed by atoms with E-state index in [9.17, 15) is 10.1 Å². The number of rotatable bonds is 5. The molecule has 0 N–H and O–H groups in total. The second-order valence-electron chi connectivity index (χ2n) is 5.24. The summed E-state index contributed by atoms with van der Waals surface area (Å²) in [6.45, 7) is 11.9. The van der Waals surface area contributed by atoms with Crippen molar-refractivity contribution in [1.29, 1.82) is 0 Å². The van der Waals surface area contributed by atoms with Gasteiger partial charge in [0.05, 0.1) is 0 Å². The van der Waals surface area contributed by atoms with E-state index in [1.54, 1.807) is 6.92 Å². The van der Waals surface area contributed by atoms with Crippen molar-refractivity contribution >= 4 is 0 Å². The van der Waals surface area contributed by atoms with E-state index in [1.165, 1.54) is 0 Å². The molecule has 0 saturated carbocycles. The maximum atomic E-state index is 11.1. The zero-order chi connectivity index (χ0) is 11.5. The molecule has 0 fully saturated rings. The van der Waals surface area contributed by atoms with Crippen LogP contribution in [0.15, 0.2) is 0 Å². The molecule has 0 aliphatic heterocycles. The third kappa shape index (κ3) is 2.96. The van der Waals surface area contributed by atoms with Crippen molar-refractivity contribution < 1.29 is 4.92 Å². The number of nitro groups is 1. The van der Waals surface area contributed by atoms with E-state index in [4.69, 9.17) is 0 Å². The van der Waals surface area contributed by atoms with Crippen LogP contribution in [0.4, 0.5) is 0 Å². The molecule has 0 aromatic carbocycles. The molecule has 3 heteroatoms. The van der Waals surface area contributed by atoms with Gasteiger partial charge >= 0.3 is 0 Å². The topological polar surface area (TPSA) is 43.1 Å². The van der Waals surface area contributed by atoms with Crippen LogP contribution >= 0.6 is 0 Å². The van der Waals surface area contributed by atoms with Gasteiger partial charge in [0.1, 0.15) is 0 Å². The minimum absolute atomic E-state index is 0.0995. The van der Waals surface area contributed by atoms with E-state index in [2.05, 4.69) is 0 Å². The largest absolute Gasteiger partial charge is 0.264 e. The molecule has 2 atom stereocenters. The molecular weight excluding hydrogens is 178 g/mol. The predicted molar refractivity (Wildman–Crippen MR) is 58.9 cm³/mol. The Morgan fingerprint density at radius 1 is 1.21 bits per heavy atom. The molecule has 0 amide bonds. The van der Waals surface area contributed by atoms with Crippen LogP contribution in [-0.4, -0.2) is 10.5 Å². The summed E-state index contributed by atoms with van der Waals surface area (Å²) < 4.78 is 0. The molecule has 0 aromatic rings. The fourth-order valence-corrected chi connectivity index (χ4v) is 1.97. The fourth-order valence-electron chi connectivity index (χ4n) is 1.97. The number of hydrogen-bond donors (Lipinski definition) is 0. The first-order valence-electron chi connectivity index (χ1n) is 5.36. The lowest BCUT2D eigenvalue weighted by Gasteiger charge is -2.31. The molecule has 2 unspecified atom stereocenters. The lowest BCUT2D eigenvalue weighted by atomic mass is 9.75. The average molecular weight is 201 g/mol. The summed E-state index contributed by atoms with van der Waals surface area (Å²) in [4.78, 5) is 11.0. The highest BCUT2D eigenvalue weighted by Gasteiger charge is 2.44. The van der Waals surface area contributed by atoms with Gasteiger partial charge < -0.3 is 0 Å². The lowest BCUT2D eigenvalue weighted by Crippen LogP contribution is -2.44. The summed E-state index contributed by atoms with van der Waals surface area (Å²) in [5, 5.41) is 11.1. The highest BCUT2D eigenvalue weighted by molar-refractivity contribution is 4.83. The van der Waals surface area contributed by atoms with Crippen molar-refractivity contribution in [3.05, 3.63) is 10.1 Å². The van der Waals surface area contributed by atoms with Gasteiger partial charge in [-0.1, -0.05) is 34.6 Å². The van der Waals surface area contributed by atoms with Gasteiger partial charge in [0.2, 0.25) is 5.54 Å². The first-order chi connectivity index (χ1) is 6.21. The molecule has 0 aliphatic carbocycles. The first kappa shape index (κ1) is 13.4. The Morgan fingerprint density at radius 3 is 1.86 bits per heavy atom. The molecule has 0 spiro atoms. The fraction of sp³-hybridized carbons (Fsp3) is 1.00. The van der Waals surface area contributed by atoms with Gasteiger partial charge in [0.15, 0.2) is 0 Å². The van der Waals surface area contributed by atoms with E-state index in [1.807, 2.05) is 34.6 Å². The monoisotopic (exact) mass is 201 g/mol. The van der Waals surface area contributed by atoms with E-state index in [-0.39, 0.29) is 10.8 Å². The molecular formula is C11H23NO2. The Balaban J connectivity index is 4.80. The first-order valence-corrected chi connectivity index (χ1v) is 5.36. The molecule has 0 radical (unpaired) electrons. The average Bonchev–Trinajstić information content (AvgIpc) is 2.00. The van der Waals surface area contributed by atoms with E-state index >= 15 is 0 Å². The second-order valence-corrected chi connectivity index (χ2v) is 5.24. The van der Waals surface area contributed by atoms with Crippen LogP contribution in [0.1, 0.15) is 48.0 Å². The van der Waals surface area contributed by atoms with Crippen molar-refractivity contribution in [3.63, 3.8) is 0 Å². The van der Waals surface area contributed by atoms with Crippen LogP contribution in [0, 0.1) is 27.9 Å². The Kier molecular flexibility index (Phi) is 4.56. The summed E-state index contributed by atoms with van der Waals surface area (Å²) in [6, 6.07) is 0. The van der Waals surface area contributed by atoms with Crippen LogP contribution in [0.3, 0.4) is 0 Å². The molecule has 0 aromatic heterocycles. The van der Waals surface area contributed by atoms with Gasteiger partial charge in [-0.05, 0) is 11.8 Å². The summed E-state index contributed by atoms with van der Waals surface area (Å²) in [7, 11) is 0. The van der Waals surface area contributed by atoms with Crippen molar-refractivity contribution in [3.8, 4) is 0 Å².